The zero-order valence-corrected chi connectivity index (χ0v) is 16.4. The van der Waals surface area contributed by atoms with E-state index in [1.165, 1.54) is 24.4 Å². The summed E-state index contributed by atoms with van der Waals surface area (Å²) in [7, 11) is 2.03. The number of hydrogen-bond acceptors (Lipinski definition) is 3. The summed E-state index contributed by atoms with van der Waals surface area (Å²) in [5.41, 5.74) is 6.08. The first-order valence-corrected chi connectivity index (χ1v) is 8.93. The van der Waals surface area contributed by atoms with Crippen molar-refractivity contribution in [1.82, 2.24) is 5.43 Å². The van der Waals surface area contributed by atoms with Crippen LogP contribution in [0.1, 0.15) is 42.3 Å². The van der Waals surface area contributed by atoms with Gasteiger partial charge >= 0.3 is 0 Å². The average Bonchev–Trinajstić information content (AvgIpc) is 2.60. The van der Waals surface area contributed by atoms with Crippen molar-refractivity contribution in [2.45, 2.75) is 26.3 Å². The van der Waals surface area contributed by atoms with Crippen molar-refractivity contribution in [3.8, 4) is 0 Å². The van der Waals surface area contributed by atoms with Gasteiger partial charge in [0, 0.05) is 23.9 Å². The monoisotopic (exact) mass is 385 g/mol. The minimum Gasteiger partial charge on any atom is -0.365 e. The molecular formula is C21H21ClFN3O. The fraction of sp³-hybridized carbons (Fsp3) is 0.238. The van der Waals surface area contributed by atoms with E-state index in [0.717, 1.165) is 16.8 Å². The van der Waals surface area contributed by atoms with Gasteiger partial charge in [0.15, 0.2) is 0 Å². The largest absolute Gasteiger partial charge is 0.365 e. The number of fused-ring (bicyclic) bond motifs is 1. The molecule has 4 nitrogen and oxygen atoms in total. The quantitative estimate of drug-likeness (QED) is 0.604. The van der Waals surface area contributed by atoms with Gasteiger partial charge in [0.2, 0.25) is 0 Å². The average molecular weight is 386 g/mol. The molecule has 1 amide bonds. The van der Waals surface area contributed by atoms with Gasteiger partial charge in [0.1, 0.15) is 5.82 Å². The number of halogens is 2. The summed E-state index contributed by atoms with van der Waals surface area (Å²) in [5.74, 6) is -1.21. The highest BCUT2D eigenvalue weighted by atomic mass is 35.5. The van der Waals surface area contributed by atoms with Crippen molar-refractivity contribution < 1.29 is 9.18 Å². The molecule has 0 aliphatic carbocycles. The molecule has 27 heavy (non-hydrogen) atoms. The number of nitrogens with zero attached hydrogens (tertiary/aromatic N) is 2. The summed E-state index contributed by atoms with van der Waals surface area (Å²) in [5, 5.41) is 4.46. The molecule has 2 aromatic carbocycles. The second-order valence-electron chi connectivity index (χ2n) is 7.11. The van der Waals surface area contributed by atoms with Crippen molar-refractivity contribution in [3.05, 3.63) is 70.0 Å². The maximum absolute atomic E-state index is 13.6. The van der Waals surface area contributed by atoms with E-state index in [1.807, 2.05) is 19.2 Å². The molecule has 0 spiro atoms. The van der Waals surface area contributed by atoms with Crippen LogP contribution in [0.4, 0.5) is 10.1 Å². The first-order chi connectivity index (χ1) is 12.7. The number of hydrogen-bond donors (Lipinski definition) is 1. The number of benzene rings is 2. The number of rotatable bonds is 3. The Hall–Kier alpha value is -2.66. The predicted molar refractivity (Wildman–Crippen MR) is 109 cm³/mol. The van der Waals surface area contributed by atoms with Crippen LogP contribution in [0.5, 0.6) is 0 Å². The second-order valence-corrected chi connectivity index (χ2v) is 7.52. The van der Waals surface area contributed by atoms with Crippen LogP contribution >= 0.6 is 11.6 Å². The Labute approximate surface area is 163 Å². The Bertz CT molecular complexity index is 966. The molecule has 0 radical (unpaired) electrons. The number of hydrazone groups is 1. The number of likely N-dealkylation sites (N-methyl/N-ethyl adjacent to an activating group) is 1. The normalized spacial score (nSPS) is 15.5. The third-order valence-electron chi connectivity index (χ3n) is 4.82. The number of nitrogens with one attached hydrogen (secondary N) is 1. The van der Waals surface area contributed by atoms with Crippen LogP contribution in [0, 0.1) is 5.82 Å². The van der Waals surface area contributed by atoms with Crippen LogP contribution in [0.3, 0.4) is 0 Å². The van der Waals surface area contributed by atoms with Crippen molar-refractivity contribution in [1.29, 1.82) is 0 Å². The molecule has 3 rings (SSSR count). The zero-order chi connectivity index (χ0) is 19.8. The number of carbonyl (C=O) groups excluding carboxylic acids is 1. The lowest BCUT2D eigenvalue weighted by Crippen LogP contribution is -2.42. The topological polar surface area (TPSA) is 44.7 Å². The van der Waals surface area contributed by atoms with Gasteiger partial charge in [-0.1, -0.05) is 29.8 Å². The SMILES string of the molecule is CC1=CC(C)(C)N(C)c2cc(Cl)c(/C=N/NC(=O)c3ccccc3F)cc21. The third kappa shape index (κ3) is 3.74. The molecule has 0 atom stereocenters. The Kier molecular flexibility index (Phi) is 5.07. The van der Waals surface area contributed by atoms with E-state index in [1.54, 1.807) is 6.07 Å². The maximum atomic E-state index is 13.6. The van der Waals surface area contributed by atoms with Gasteiger partial charge in [-0.2, -0.15) is 5.10 Å². The summed E-state index contributed by atoms with van der Waals surface area (Å²) < 4.78 is 13.6. The smallest absolute Gasteiger partial charge is 0.274 e. The molecule has 140 valence electrons. The lowest BCUT2D eigenvalue weighted by Gasteiger charge is -2.40. The van der Waals surface area contributed by atoms with E-state index in [4.69, 9.17) is 11.6 Å². The van der Waals surface area contributed by atoms with Crippen LogP contribution in [0.2, 0.25) is 5.02 Å². The van der Waals surface area contributed by atoms with E-state index in [9.17, 15) is 9.18 Å². The molecule has 1 aliphatic rings. The molecule has 1 aliphatic heterocycles. The van der Waals surface area contributed by atoms with Crippen LogP contribution in [0.25, 0.3) is 5.57 Å². The van der Waals surface area contributed by atoms with Crippen molar-refractivity contribution in [2.24, 2.45) is 5.10 Å². The van der Waals surface area contributed by atoms with Crippen molar-refractivity contribution in [2.75, 3.05) is 11.9 Å². The van der Waals surface area contributed by atoms with E-state index in [0.29, 0.717) is 10.6 Å². The van der Waals surface area contributed by atoms with Crippen LogP contribution in [0.15, 0.2) is 47.6 Å². The highest BCUT2D eigenvalue weighted by Gasteiger charge is 2.29. The van der Waals surface area contributed by atoms with Gasteiger partial charge in [-0.05, 0) is 50.6 Å². The lowest BCUT2D eigenvalue weighted by atomic mass is 9.88. The van der Waals surface area contributed by atoms with E-state index >= 15 is 0 Å². The minimum atomic E-state index is -0.615. The van der Waals surface area contributed by atoms with Gasteiger partial charge in [-0.15, -0.1) is 0 Å². The summed E-state index contributed by atoms with van der Waals surface area (Å²) in [6.45, 7) is 6.34. The molecule has 0 unspecified atom stereocenters. The zero-order valence-electron chi connectivity index (χ0n) is 15.7. The number of allylic oxidation sites excluding steroid dienone is 1. The molecule has 0 saturated carbocycles. The number of carbonyl (C=O) groups is 1. The van der Waals surface area contributed by atoms with Gasteiger partial charge in [-0.3, -0.25) is 4.79 Å². The summed E-state index contributed by atoms with van der Waals surface area (Å²) in [6, 6.07) is 9.58. The lowest BCUT2D eigenvalue weighted by molar-refractivity contribution is 0.0951. The fourth-order valence-corrected chi connectivity index (χ4v) is 3.36. The van der Waals surface area contributed by atoms with Gasteiger partial charge in [0.05, 0.1) is 22.3 Å². The van der Waals surface area contributed by atoms with Crippen LogP contribution in [-0.4, -0.2) is 24.7 Å². The Morgan fingerprint density at radius 3 is 2.70 bits per heavy atom. The first-order valence-electron chi connectivity index (χ1n) is 8.56. The predicted octanol–water partition coefficient (Wildman–Crippen LogP) is 4.87. The first kappa shape index (κ1) is 19.1. The highest BCUT2D eigenvalue weighted by molar-refractivity contribution is 6.33. The Morgan fingerprint density at radius 2 is 2.00 bits per heavy atom. The second kappa shape index (κ2) is 7.16. The van der Waals surface area contributed by atoms with Gasteiger partial charge in [0.25, 0.3) is 5.91 Å². The maximum Gasteiger partial charge on any atom is 0.274 e. The van der Waals surface area contributed by atoms with Crippen LogP contribution in [-0.2, 0) is 0 Å². The molecule has 0 bridgehead atoms. The molecule has 0 aromatic heterocycles. The van der Waals surface area contributed by atoms with E-state index < -0.39 is 11.7 Å². The number of amides is 1. The summed E-state index contributed by atoms with van der Waals surface area (Å²) in [4.78, 5) is 14.2. The molecule has 0 fully saturated rings. The van der Waals surface area contributed by atoms with Gasteiger partial charge < -0.3 is 4.90 Å². The Balaban J connectivity index is 1.85. The molecule has 1 heterocycles. The van der Waals surface area contributed by atoms with Gasteiger partial charge in [-0.25, -0.2) is 9.82 Å². The van der Waals surface area contributed by atoms with E-state index in [-0.39, 0.29) is 11.1 Å². The Morgan fingerprint density at radius 1 is 1.30 bits per heavy atom. The van der Waals surface area contributed by atoms with E-state index in [2.05, 4.69) is 42.3 Å². The highest BCUT2D eigenvalue weighted by Crippen LogP contribution is 2.40. The fourth-order valence-electron chi connectivity index (χ4n) is 3.15. The molecule has 1 N–H and O–H groups in total. The summed E-state index contributed by atoms with van der Waals surface area (Å²) >= 11 is 6.41. The molecule has 2 aromatic rings. The molecular weight excluding hydrogens is 365 g/mol. The molecule has 0 saturated heterocycles. The summed E-state index contributed by atoms with van der Waals surface area (Å²) in [6.07, 6.45) is 3.67. The molecule has 6 heteroatoms. The third-order valence-corrected chi connectivity index (χ3v) is 5.15. The van der Waals surface area contributed by atoms with Crippen LogP contribution < -0.4 is 10.3 Å². The number of anilines is 1. The van der Waals surface area contributed by atoms with Crippen molar-refractivity contribution >= 4 is 35.0 Å². The minimum absolute atomic E-state index is 0.0613. The standard InChI is InChI=1S/C21H21ClFN3O/c1-13-11-21(2,3)26(4)19-10-17(22)14(9-16(13)19)12-24-25-20(27)15-7-5-6-8-18(15)23/h5-12H,1-4H3,(H,25,27)/b24-12+. The van der Waals surface area contributed by atoms with Crippen molar-refractivity contribution in [3.63, 3.8) is 0 Å².